The summed E-state index contributed by atoms with van der Waals surface area (Å²) in [6.07, 6.45) is 5.79. The summed E-state index contributed by atoms with van der Waals surface area (Å²) >= 11 is 0. The van der Waals surface area contributed by atoms with Gasteiger partial charge in [0, 0.05) is 50.6 Å². The molecule has 1 aromatic heterocycles. The van der Waals surface area contributed by atoms with Crippen molar-refractivity contribution < 1.29 is 14.3 Å². The Morgan fingerprint density at radius 3 is 2.63 bits per heavy atom. The summed E-state index contributed by atoms with van der Waals surface area (Å²) in [7, 11) is 0. The van der Waals surface area contributed by atoms with E-state index < -0.39 is 0 Å². The molecule has 2 amide bonds. The first-order valence-electron chi connectivity index (χ1n) is 10.1. The fourth-order valence-electron chi connectivity index (χ4n) is 3.93. The third kappa shape index (κ3) is 4.51. The summed E-state index contributed by atoms with van der Waals surface area (Å²) in [5.74, 6) is 0.0357. The van der Waals surface area contributed by atoms with Gasteiger partial charge in [-0.05, 0) is 44.7 Å². The predicted octanol–water partition coefficient (Wildman–Crippen LogP) is 2.76. The molecule has 0 aliphatic carbocycles. The molecule has 0 N–H and O–H groups in total. The maximum Gasteiger partial charge on any atom is 0.409 e. The van der Waals surface area contributed by atoms with Gasteiger partial charge >= 0.3 is 6.09 Å². The zero-order valence-electron chi connectivity index (χ0n) is 16.4. The van der Waals surface area contributed by atoms with Crippen molar-refractivity contribution in [2.45, 2.75) is 45.6 Å². The predicted molar refractivity (Wildman–Crippen MR) is 104 cm³/mol. The van der Waals surface area contributed by atoms with Gasteiger partial charge < -0.3 is 19.4 Å². The minimum Gasteiger partial charge on any atom is -0.450 e. The molecule has 0 spiro atoms. The number of carbonyl (C=O) groups excluding carboxylic acids is 2. The van der Waals surface area contributed by atoms with Gasteiger partial charge in [0.15, 0.2) is 0 Å². The molecule has 0 saturated carbocycles. The number of hydrogen-bond acceptors (Lipinski definition) is 5. The van der Waals surface area contributed by atoms with Gasteiger partial charge in [-0.3, -0.25) is 9.78 Å². The lowest BCUT2D eigenvalue weighted by atomic mass is 9.99. The van der Waals surface area contributed by atoms with Crippen molar-refractivity contribution in [3.63, 3.8) is 0 Å². The molecular formula is C20H30N4O3. The first-order valence-corrected chi connectivity index (χ1v) is 10.1. The topological polar surface area (TPSA) is 66.0 Å². The number of piperazine rings is 1. The van der Waals surface area contributed by atoms with Crippen LogP contribution in [0.15, 0.2) is 18.3 Å². The quantitative estimate of drug-likeness (QED) is 0.811. The smallest absolute Gasteiger partial charge is 0.409 e. The van der Waals surface area contributed by atoms with Crippen LogP contribution in [0, 0.1) is 0 Å². The Morgan fingerprint density at radius 1 is 1.15 bits per heavy atom. The van der Waals surface area contributed by atoms with E-state index in [0.29, 0.717) is 31.4 Å². The Balaban J connectivity index is 1.65. The number of carbonyl (C=O) groups is 2. The van der Waals surface area contributed by atoms with E-state index in [9.17, 15) is 9.59 Å². The van der Waals surface area contributed by atoms with Gasteiger partial charge in [0.25, 0.3) is 5.91 Å². The van der Waals surface area contributed by atoms with Gasteiger partial charge in [-0.2, -0.15) is 0 Å². The molecule has 1 atom stereocenters. The molecule has 2 fully saturated rings. The molecule has 0 bridgehead atoms. The van der Waals surface area contributed by atoms with Crippen LogP contribution in [0.25, 0.3) is 0 Å². The van der Waals surface area contributed by atoms with Crippen molar-refractivity contribution >= 4 is 17.7 Å². The summed E-state index contributed by atoms with van der Waals surface area (Å²) in [6.45, 7) is 7.85. The van der Waals surface area contributed by atoms with Crippen LogP contribution >= 0.6 is 0 Å². The Labute approximate surface area is 161 Å². The van der Waals surface area contributed by atoms with Crippen LogP contribution in [0.3, 0.4) is 0 Å². The number of rotatable bonds is 4. The van der Waals surface area contributed by atoms with E-state index in [4.69, 9.17) is 4.74 Å². The zero-order valence-corrected chi connectivity index (χ0v) is 16.4. The molecule has 3 rings (SSSR count). The summed E-state index contributed by atoms with van der Waals surface area (Å²) < 4.78 is 5.07. The number of pyridine rings is 1. The lowest BCUT2D eigenvalue weighted by Gasteiger charge is -2.36. The highest BCUT2D eigenvalue weighted by atomic mass is 16.6. The SMILES string of the molecule is CCOC(=O)N1CCN(c2ccnc(C(=O)N3CCCCC3CC)c2)CC1. The summed E-state index contributed by atoms with van der Waals surface area (Å²) in [6, 6.07) is 4.15. The number of piperidine rings is 1. The van der Waals surface area contributed by atoms with Crippen molar-refractivity contribution in [2.75, 3.05) is 44.2 Å². The lowest BCUT2D eigenvalue weighted by Crippen LogP contribution is -2.49. The molecule has 7 nitrogen and oxygen atoms in total. The number of ether oxygens (including phenoxy) is 1. The highest BCUT2D eigenvalue weighted by molar-refractivity contribution is 5.93. The molecule has 1 unspecified atom stereocenters. The third-order valence-corrected chi connectivity index (χ3v) is 5.49. The monoisotopic (exact) mass is 374 g/mol. The van der Waals surface area contributed by atoms with Crippen molar-refractivity contribution in [3.8, 4) is 0 Å². The standard InChI is InChI=1S/C20H30N4O3/c1-3-16-7-5-6-10-24(16)19(25)18-15-17(8-9-21-18)22-11-13-23(14-12-22)20(26)27-4-2/h8-9,15-16H,3-7,10-14H2,1-2H3. The van der Waals surface area contributed by atoms with E-state index in [0.717, 1.165) is 44.6 Å². The molecule has 148 valence electrons. The van der Waals surface area contributed by atoms with E-state index in [1.807, 2.05) is 24.0 Å². The van der Waals surface area contributed by atoms with E-state index >= 15 is 0 Å². The van der Waals surface area contributed by atoms with E-state index in [-0.39, 0.29) is 12.0 Å². The Morgan fingerprint density at radius 2 is 1.93 bits per heavy atom. The molecule has 2 saturated heterocycles. The fraction of sp³-hybridized carbons (Fsp3) is 0.650. The minimum absolute atomic E-state index is 0.0357. The van der Waals surface area contributed by atoms with Crippen LogP contribution in [0.2, 0.25) is 0 Å². The van der Waals surface area contributed by atoms with Crippen molar-refractivity contribution in [3.05, 3.63) is 24.0 Å². The number of nitrogens with zero attached hydrogens (tertiary/aromatic N) is 4. The van der Waals surface area contributed by atoms with Gasteiger partial charge in [-0.25, -0.2) is 4.79 Å². The molecule has 0 radical (unpaired) electrons. The van der Waals surface area contributed by atoms with Crippen LogP contribution in [0.4, 0.5) is 10.5 Å². The summed E-state index contributed by atoms with van der Waals surface area (Å²) in [5, 5.41) is 0. The van der Waals surface area contributed by atoms with Crippen LogP contribution < -0.4 is 4.90 Å². The number of anilines is 1. The molecule has 2 aliphatic rings. The van der Waals surface area contributed by atoms with E-state index in [1.165, 1.54) is 6.42 Å². The molecule has 0 aromatic carbocycles. The van der Waals surface area contributed by atoms with Crippen LogP contribution in [-0.4, -0.2) is 72.2 Å². The number of hydrogen-bond donors (Lipinski definition) is 0. The first kappa shape index (κ1) is 19.5. The van der Waals surface area contributed by atoms with Gasteiger partial charge in [0.1, 0.15) is 5.69 Å². The molecule has 27 heavy (non-hydrogen) atoms. The largest absolute Gasteiger partial charge is 0.450 e. The summed E-state index contributed by atoms with van der Waals surface area (Å²) in [4.78, 5) is 35.1. The Kier molecular flexibility index (Phi) is 6.53. The van der Waals surface area contributed by atoms with Crippen LogP contribution in [0.1, 0.15) is 50.0 Å². The zero-order chi connectivity index (χ0) is 19.2. The van der Waals surface area contributed by atoms with Gasteiger partial charge in [-0.1, -0.05) is 6.92 Å². The Bertz CT molecular complexity index is 658. The maximum absolute atomic E-state index is 13.0. The van der Waals surface area contributed by atoms with Crippen molar-refractivity contribution in [1.82, 2.24) is 14.8 Å². The average molecular weight is 374 g/mol. The fourth-order valence-corrected chi connectivity index (χ4v) is 3.93. The lowest BCUT2D eigenvalue weighted by molar-refractivity contribution is 0.0602. The molecule has 1 aromatic rings. The third-order valence-electron chi connectivity index (χ3n) is 5.49. The average Bonchev–Trinajstić information content (AvgIpc) is 2.73. The highest BCUT2D eigenvalue weighted by Gasteiger charge is 2.28. The highest BCUT2D eigenvalue weighted by Crippen LogP contribution is 2.23. The maximum atomic E-state index is 13.0. The molecule has 3 heterocycles. The summed E-state index contributed by atoms with van der Waals surface area (Å²) in [5.41, 5.74) is 1.50. The van der Waals surface area contributed by atoms with Gasteiger partial charge in [0.05, 0.1) is 6.61 Å². The van der Waals surface area contributed by atoms with Crippen LogP contribution in [0.5, 0.6) is 0 Å². The number of amides is 2. The second kappa shape index (κ2) is 9.06. The second-order valence-electron chi connectivity index (χ2n) is 7.13. The minimum atomic E-state index is -0.251. The number of likely N-dealkylation sites (tertiary alicyclic amines) is 1. The van der Waals surface area contributed by atoms with Gasteiger partial charge in [-0.15, -0.1) is 0 Å². The van der Waals surface area contributed by atoms with E-state index in [2.05, 4.69) is 16.8 Å². The Hall–Kier alpha value is -2.31. The second-order valence-corrected chi connectivity index (χ2v) is 7.13. The van der Waals surface area contributed by atoms with Crippen molar-refractivity contribution in [1.29, 1.82) is 0 Å². The van der Waals surface area contributed by atoms with E-state index in [1.54, 1.807) is 11.1 Å². The van der Waals surface area contributed by atoms with Crippen LogP contribution in [-0.2, 0) is 4.74 Å². The molecular weight excluding hydrogens is 344 g/mol. The van der Waals surface area contributed by atoms with Gasteiger partial charge in [0.2, 0.25) is 0 Å². The van der Waals surface area contributed by atoms with Crippen molar-refractivity contribution in [2.24, 2.45) is 0 Å². The first-order chi connectivity index (χ1) is 13.1. The molecule has 2 aliphatic heterocycles. The normalized spacial score (nSPS) is 20.5. The number of aromatic nitrogens is 1. The molecule has 7 heteroatoms.